The van der Waals surface area contributed by atoms with Crippen molar-refractivity contribution in [2.75, 3.05) is 25.5 Å². The summed E-state index contributed by atoms with van der Waals surface area (Å²) < 4.78 is 15.1. The number of aromatic nitrogens is 2. The number of imide groups is 1. The Labute approximate surface area is 171 Å². The number of aliphatic hydroxyl groups is 1. The molecular formula is C19H21ClFN5O3. The predicted octanol–water partition coefficient (Wildman–Crippen LogP) is 2.10. The highest BCUT2D eigenvalue weighted by Gasteiger charge is 2.36. The summed E-state index contributed by atoms with van der Waals surface area (Å²) in [4.78, 5) is 29.0. The van der Waals surface area contributed by atoms with Crippen molar-refractivity contribution in [1.82, 2.24) is 19.6 Å². The van der Waals surface area contributed by atoms with E-state index in [0.29, 0.717) is 36.5 Å². The van der Waals surface area contributed by atoms with Gasteiger partial charge in [-0.1, -0.05) is 11.6 Å². The number of hydrogen-bond donors (Lipinski definition) is 2. The van der Waals surface area contributed by atoms with Gasteiger partial charge < -0.3 is 10.4 Å². The average Bonchev–Trinajstić information content (AvgIpc) is 2.95. The number of aliphatic hydroxyl groups excluding tert-OH is 1. The number of fused-ring (bicyclic) bond motifs is 3. The van der Waals surface area contributed by atoms with Gasteiger partial charge >= 0.3 is 6.03 Å². The van der Waals surface area contributed by atoms with Crippen LogP contribution in [0.1, 0.15) is 28.2 Å². The quantitative estimate of drug-likeness (QED) is 0.775. The summed E-state index contributed by atoms with van der Waals surface area (Å²) >= 11 is 5.76. The zero-order valence-corrected chi connectivity index (χ0v) is 16.6. The summed E-state index contributed by atoms with van der Waals surface area (Å²) in [5.74, 6) is -0.995. The molecule has 0 spiro atoms. The van der Waals surface area contributed by atoms with Crippen molar-refractivity contribution in [2.45, 2.75) is 32.0 Å². The van der Waals surface area contributed by atoms with E-state index in [9.17, 15) is 19.1 Å². The fourth-order valence-corrected chi connectivity index (χ4v) is 4.00. The van der Waals surface area contributed by atoms with E-state index < -0.39 is 17.8 Å². The smallest absolute Gasteiger partial charge is 0.328 e. The molecule has 2 N–H and O–H groups in total. The van der Waals surface area contributed by atoms with Gasteiger partial charge in [0.15, 0.2) is 0 Å². The second kappa shape index (κ2) is 7.74. The molecule has 0 aliphatic carbocycles. The van der Waals surface area contributed by atoms with Gasteiger partial charge in [0, 0.05) is 37.8 Å². The number of likely N-dealkylation sites (N-methyl/N-ethyl adjacent to an activating group) is 1. The van der Waals surface area contributed by atoms with Crippen molar-refractivity contribution >= 4 is 29.2 Å². The van der Waals surface area contributed by atoms with Gasteiger partial charge in [0.1, 0.15) is 5.82 Å². The molecule has 4 rings (SSSR count). The van der Waals surface area contributed by atoms with Gasteiger partial charge in [-0.3, -0.25) is 19.3 Å². The second-order valence-electron chi connectivity index (χ2n) is 7.30. The van der Waals surface area contributed by atoms with Crippen LogP contribution in [0.25, 0.3) is 0 Å². The third kappa shape index (κ3) is 3.61. The number of hydrogen-bond acceptors (Lipinski definition) is 5. The number of nitrogens with one attached hydrogen (secondary N) is 1. The molecular weight excluding hydrogens is 401 g/mol. The topological polar surface area (TPSA) is 90.7 Å². The highest BCUT2D eigenvalue weighted by molar-refractivity contribution is 6.31. The van der Waals surface area contributed by atoms with Crippen LogP contribution in [-0.4, -0.2) is 62.9 Å². The molecule has 2 aromatic rings. The zero-order chi connectivity index (χ0) is 20.7. The summed E-state index contributed by atoms with van der Waals surface area (Å²) in [6.45, 7) is 1.30. The Morgan fingerprint density at radius 3 is 2.93 bits per heavy atom. The number of carbonyl (C=O) groups excluding carboxylic acids is 2. The summed E-state index contributed by atoms with van der Waals surface area (Å²) in [6.07, 6.45) is 1.19. The standard InChI is InChI=1S/C19H21ClFN5O3/c1-24-9-16-17-15(23-26(16)7-4-12(24)10-27)5-6-25(18(17)28)19(29)22-11-2-3-14(21)13(20)8-11/h2-3,8,12,27H,4-7,9-10H2,1H3,(H,22,29). The van der Waals surface area contributed by atoms with Crippen molar-refractivity contribution < 1.29 is 19.1 Å². The summed E-state index contributed by atoms with van der Waals surface area (Å²) in [5, 5.41) is 16.6. The van der Waals surface area contributed by atoms with Crippen LogP contribution in [-0.2, 0) is 19.5 Å². The highest BCUT2D eigenvalue weighted by atomic mass is 35.5. The van der Waals surface area contributed by atoms with E-state index in [2.05, 4.69) is 10.4 Å². The van der Waals surface area contributed by atoms with Crippen molar-refractivity contribution in [3.8, 4) is 0 Å². The third-order valence-electron chi connectivity index (χ3n) is 5.48. The Balaban J connectivity index is 1.57. The number of carbonyl (C=O) groups is 2. The second-order valence-corrected chi connectivity index (χ2v) is 7.70. The minimum atomic E-state index is -0.599. The minimum Gasteiger partial charge on any atom is -0.395 e. The molecule has 0 saturated carbocycles. The van der Waals surface area contributed by atoms with Gasteiger partial charge in [0.25, 0.3) is 5.91 Å². The fourth-order valence-electron chi connectivity index (χ4n) is 3.82. The lowest BCUT2D eigenvalue weighted by atomic mass is 10.0. The SMILES string of the molecule is CN1Cc2c3c(nn2CCC1CO)CCN(C(=O)Nc1ccc(F)c(Cl)c1)C3=O. The molecule has 0 bridgehead atoms. The lowest BCUT2D eigenvalue weighted by molar-refractivity contribution is 0.0794. The summed E-state index contributed by atoms with van der Waals surface area (Å²) in [5.41, 5.74) is 2.20. The van der Waals surface area contributed by atoms with Gasteiger partial charge in [-0.2, -0.15) is 5.10 Å². The molecule has 10 heteroatoms. The van der Waals surface area contributed by atoms with Crippen LogP contribution in [0.2, 0.25) is 5.02 Å². The Kier molecular flexibility index (Phi) is 5.28. The molecule has 0 radical (unpaired) electrons. The first kappa shape index (κ1) is 19.8. The summed E-state index contributed by atoms with van der Waals surface area (Å²) in [7, 11) is 1.89. The van der Waals surface area contributed by atoms with Crippen molar-refractivity contribution in [2.24, 2.45) is 0 Å². The van der Waals surface area contributed by atoms with Crippen LogP contribution in [0.3, 0.4) is 0 Å². The molecule has 2 aliphatic rings. The van der Waals surface area contributed by atoms with Crippen LogP contribution in [0, 0.1) is 5.82 Å². The number of amides is 3. The maximum Gasteiger partial charge on any atom is 0.328 e. The van der Waals surface area contributed by atoms with E-state index in [-0.39, 0.29) is 24.2 Å². The molecule has 1 unspecified atom stereocenters. The van der Waals surface area contributed by atoms with E-state index in [4.69, 9.17) is 11.6 Å². The molecule has 2 aliphatic heterocycles. The van der Waals surface area contributed by atoms with Crippen LogP contribution in [0.15, 0.2) is 18.2 Å². The van der Waals surface area contributed by atoms with Gasteiger partial charge in [-0.15, -0.1) is 0 Å². The van der Waals surface area contributed by atoms with E-state index in [1.165, 1.54) is 12.1 Å². The minimum absolute atomic E-state index is 0.00586. The first-order valence-corrected chi connectivity index (χ1v) is 9.74. The zero-order valence-electron chi connectivity index (χ0n) is 15.9. The van der Waals surface area contributed by atoms with Crippen molar-refractivity contribution in [3.63, 3.8) is 0 Å². The molecule has 8 nitrogen and oxygen atoms in total. The summed E-state index contributed by atoms with van der Waals surface area (Å²) in [6, 6.07) is 3.23. The van der Waals surface area contributed by atoms with Gasteiger partial charge in [-0.25, -0.2) is 9.18 Å². The third-order valence-corrected chi connectivity index (χ3v) is 5.77. The van der Waals surface area contributed by atoms with E-state index in [1.54, 1.807) is 0 Å². The Hall–Kier alpha value is -2.49. The number of urea groups is 1. The van der Waals surface area contributed by atoms with Crippen LogP contribution >= 0.6 is 11.6 Å². The average molecular weight is 422 g/mol. The Morgan fingerprint density at radius 2 is 2.21 bits per heavy atom. The van der Waals surface area contributed by atoms with Crippen LogP contribution < -0.4 is 5.32 Å². The number of aryl methyl sites for hydroxylation is 1. The van der Waals surface area contributed by atoms with Gasteiger partial charge in [0.05, 0.1) is 28.6 Å². The Morgan fingerprint density at radius 1 is 1.41 bits per heavy atom. The molecule has 1 aromatic heterocycles. The monoisotopic (exact) mass is 421 g/mol. The van der Waals surface area contributed by atoms with Crippen LogP contribution in [0.4, 0.5) is 14.9 Å². The Bertz CT molecular complexity index is 979. The van der Waals surface area contributed by atoms with Crippen molar-refractivity contribution in [3.05, 3.63) is 46.0 Å². The van der Waals surface area contributed by atoms with E-state index in [0.717, 1.165) is 23.1 Å². The molecule has 154 valence electrons. The first-order chi connectivity index (χ1) is 13.9. The number of benzene rings is 1. The number of anilines is 1. The van der Waals surface area contributed by atoms with E-state index in [1.807, 2.05) is 16.6 Å². The number of nitrogens with zero attached hydrogens (tertiary/aromatic N) is 4. The molecule has 1 aromatic carbocycles. The molecule has 1 atom stereocenters. The van der Waals surface area contributed by atoms with E-state index >= 15 is 0 Å². The molecule has 3 heterocycles. The largest absolute Gasteiger partial charge is 0.395 e. The van der Waals surface area contributed by atoms with Gasteiger partial charge in [-0.05, 0) is 31.7 Å². The van der Waals surface area contributed by atoms with Crippen molar-refractivity contribution in [1.29, 1.82) is 0 Å². The first-order valence-electron chi connectivity index (χ1n) is 9.36. The van der Waals surface area contributed by atoms with Gasteiger partial charge in [0.2, 0.25) is 0 Å². The molecule has 3 amide bonds. The maximum absolute atomic E-state index is 13.3. The maximum atomic E-state index is 13.3. The predicted molar refractivity (Wildman–Crippen MR) is 104 cm³/mol. The normalized spacial score (nSPS) is 19.5. The lowest BCUT2D eigenvalue weighted by Gasteiger charge is -2.27. The number of rotatable bonds is 2. The van der Waals surface area contributed by atoms with Crippen LogP contribution in [0.5, 0.6) is 0 Å². The molecule has 29 heavy (non-hydrogen) atoms. The fraction of sp³-hybridized carbons (Fsp3) is 0.421. The lowest BCUT2D eigenvalue weighted by Crippen LogP contribution is -2.44. The highest BCUT2D eigenvalue weighted by Crippen LogP contribution is 2.27. The molecule has 0 saturated heterocycles. The molecule has 0 fully saturated rings. The number of halogens is 2.